The van der Waals surface area contributed by atoms with Crippen molar-refractivity contribution in [3.8, 4) is 0 Å². The van der Waals surface area contributed by atoms with Crippen molar-refractivity contribution in [2.75, 3.05) is 0 Å². The Bertz CT molecular complexity index is 1260. The van der Waals surface area contributed by atoms with Gasteiger partial charge in [0.05, 0.1) is 0 Å². The van der Waals surface area contributed by atoms with Gasteiger partial charge >= 0.3 is 256 Å². The van der Waals surface area contributed by atoms with Gasteiger partial charge in [0.2, 0.25) is 0 Å². The summed E-state index contributed by atoms with van der Waals surface area (Å²) in [5, 5.41) is 0. The second-order valence-corrected chi connectivity index (χ2v) is 31.4. The fourth-order valence-corrected chi connectivity index (χ4v) is 23.5. The SMILES string of the molecule is [Br][Ge]([c]1ccccc1)([c]1ccccc1)[c]1ccccc1.[Cl][Ge]([c]1ccccc1)([c]1ccccc1)[c]1ccccc1. The minimum atomic E-state index is -3.02. The molecular weight excluding hydrogens is 693 g/mol. The zero-order valence-corrected chi connectivity index (χ0v) is 28.6. The van der Waals surface area contributed by atoms with Crippen LogP contribution in [0, 0.1) is 0 Å². The van der Waals surface area contributed by atoms with E-state index in [0.29, 0.717) is 0 Å². The van der Waals surface area contributed by atoms with E-state index in [4.69, 9.17) is 10.0 Å². The normalized spacial score (nSPS) is 11.2. The molecule has 0 N–H and O–H groups in total. The Morgan fingerprint density at radius 1 is 0.300 bits per heavy atom. The third kappa shape index (κ3) is 6.23. The van der Waals surface area contributed by atoms with Crippen LogP contribution in [0.15, 0.2) is 182 Å². The summed E-state index contributed by atoms with van der Waals surface area (Å²) in [5.74, 6) is 0. The fraction of sp³-hybridized carbons (Fsp3) is 0. The first-order valence-corrected chi connectivity index (χ1v) is 27.3. The van der Waals surface area contributed by atoms with Crippen molar-refractivity contribution in [1.29, 1.82) is 0 Å². The van der Waals surface area contributed by atoms with Gasteiger partial charge in [-0.05, 0) is 0 Å². The zero-order valence-electron chi connectivity index (χ0n) is 22.1. The van der Waals surface area contributed by atoms with Crippen molar-refractivity contribution in [2.45, 2.75) is 0 Å². The summed E-state index contributed by atoms with van der Waals surface area (Å²) in [5.41, 5.74) is 0. The molecule has 0 aromatic heterocycles. The summed E-state index contributed by atoms with van der Waals surface area (Å²) in [4.78, 5) is 0. The van der Waals surface area contributed by atoms with Crippen LogP contribution in [0.2, 0.25) is 0 Å². The quantitative estimate of drug-likeness (QED) is 0.187. The summed E-state index contributed by atoms with van der Waals surface area (Å²) in [6.07, 6.45) is 0. The van der Waals surface area contributed by atoms with Crippen molar-refractivity contribution >= 4 is 74.2 Å². The van der Waals surface area contributed by atoms with Gasteiger partial charge in [-0.25, -0.2) is 0 Å². The molecular formula is C36H30BrClGe2. The zero-order chi connectivity index (χ0) is 27.7. The summed E-state index contributed by atoms with van der Waals surface area (Å²) in [6, 6.07) is 64.0. The van der Waals surface area contributed by atoms with Crippen LogP contribution in [-0.2, 0) is 0 Å². The molecule has 0 heterocycles. The first kappa shape index (κ1) is 28.7. The van der Waals surface area contributed by atoms with Gasteiger partial charge in [-0.15, -0.1) is 0 Å². The van der Waals surface area contributed by atoms with Gasteiger partial charge in [0.15, 0.2) is 0 Å². The maximum absolute atomic E-state index is 7.30. The molecule has 0 bridgehead atoms. The molecule has 0 spiro atoms. The predicted octanol–water partition coefficient (Wildman–Crippen LogP) is 5.94. The van der Waals surface area contributed by atoms with Crippen LogP contribution < -0.4 is 26.4 Å². The molecule has 0 aliphatic heterocycles. The topological polar surface area (TPSA) is 0 Å². The molecule has 0 aliphatic carbocycles. The van der Waals surface area contributed by atoms with Crippen LogP contribution in [0.3, 0.4) is 0 Å². The molecule has 0 fully saturated rings. The van der Waals surface area contributed by atoms with Crippen LogP contribution in [0.25, 0.3) is 0 Å². The molecule has 0 aliphatic rings. The van der Waals surface area contributed by atoms with Crippen LogP contribution in [-0.4, -0.2) is 23.8 Å². The van der Waals surface area contributed by atoms with Crippen LogP contribution in [0.5, 0.6) is 0 Å². The predicted molar refractivity (Wildman–Crippen MR) is 183 cm³/mol. The number of rotatable bonds is 6. The van der Waals surface area contributed by atoms with E-state index in [1.807, 2.05) is 18.2 Å². The first-order chi connectivity index (χ1) is 19.6. The summed E-state index contributed by atoms with van der Waals surface area (Å²) < 4.78 is 8.07. The van der Waals surface area contributed by atoms with Gasteiger partial charge < -0.3 is 0 Å². The van der Waals surface area contributed by atoms with Gasteiger partial charge in [0.1, 0.15) is 0 Å². The van der Waals surface area contributed by atoms with E-state index in [0.717, 1.165) is 0 Å². The Hall–Kier alpha value is -2.82. The van der Waals surface area contributed by atoms with Crippen molar-refractivity contribution in [3.05, 3.63) is 182 Å². The third-order valence-electron chi connectivity index (χ3n) is 7.03. The Morgan fingerprint density at radius 3 is 0.675 bits per heavy atom. The number of benzene rings is 6. The summed E-state index contributed by atoms with van der Waals surface area (Å²) in [6.45, 7) is 0. The van der Waals surface area contributed by atoms with E-state index in [9.17, 15) is 0 Å². The third-order valence-corrected chi connectivity index (χ3v) is 31.8. The average Bonchev–Trinajstić information content (AvgIpc) is 3.07. The van der Waals surface area contributed by atoms with Crippen LogP contribution in [0.1, 0.15) is 0 Å². The molecule has 0 radical (unpaired) electrons. The van der Waals surface area contributed by atoms with Crippen molar-refractivity contribution in [1.82, 2.24) is 0 Å². The molecule has 0 saturated heterocycles. The molecule has 0 saturated carbocycles. The molecule has 0 nitrogen and oxygen atoms in total. The van der Waals surface area contributed by atoms with Crippen molar-refractivity contribution in [3.63, 3.8) is 0 Å². The van der Waals surface area contributed by atoms with Gasteiger partial charge in [-0.1, -0.05) is 0 Å². The van der Waals surface area contributed by atoms with E-state index >= 15 is 0 Å². The maximum atomic E-state index is 7.30. The van der Waals surface area contributed by atoms with Gasteiger partial charge in [-0.3, -0.25) is 0 Å². The number of hydrogen-bond donors (Lipinski definition) is 0. The molecule has 0 atom stereocenters. The van der Waals surface area contributed by atoms with E-state index in [1.54, 1.807) is 0 Å². The van der Waals surface area contributed by atoms with Gasteiger partial charge in [0, 0.05) is 0 Å². The van der Waals surface area contributed by atoms with E-state index in [-0.39, 0.29) is 0 Å². The number of halogens is 2. The number of hydrogen-bond acceptors (Lipinski definition) is 0. The molecule has 6 aromatic carbocycles. The second kappa shape index (κ2) is 13.7. The van der Waals surface area contributed by atoms with E-state index < -0.39 is 23.8 Å². The van der Waals surface area contributed by atoms with Gasteiger partial charge in [0.25, 0.3) is 0 Å². The van der Waals surface area contributed by atoms with Crippen LogP contribution >= 0.6 is 24.0 Å². The molecule has 0 unspecified atom stereocenters. The molecule has 196 valence electrons. The minimum absolute atomic E-state index is 1.27. The van der Waals surface area contributed by atoms with Crippen LogP contribution in [0.4, 0.5) is 0 Å². The molecule has 4 heteroatoms. The second-order valence-electron chi connectivity index (χ2n) is 9.51. The molecule has 40 heavy (non-hydrogen) atoms. The Kier molecular flexibility index (Phi) is 9.82. The Labute approximate surface area is 254 Å². The summed E-state index contributed by atoms with van der Waals surface area (Å²) in [7, 11) is 7.30. The monoisotopic (exact) mass is 724 g/mol. The molecule has 6 aromatic rings. The standard InChI is InChI=1S/C18H15BrGe.C18H15ClGe/c2*19-20(16-10-4-1-5-11-16,17-12-6-2-7-13-17)18-14-8-3-9-15-18/h2*1-15H. The van der Waals surface area contributed by atoms with Gasteiger partial charge in [-0.2, -0.15) is 0 Å². The Balaban J connectivity index is 0.000000161. The van der Waals surface area contributed by atoms with Crippen molar-refractivity contribution < 1.29 is 0 Å². The van der Waals surface area contributed by atoms with E-state index in [1.165, 1.54) is 26.4 Å². The first-order valence-electron chi connectivity index (χ1n) is 13.3. The fourth-order valence-electron chi connectivity index (χ4n) is 5.01. The van der Waals surface area contributed by atoms with E-state index in [2.05, 4.69) is 178 Å². The Morgan fingerprint density at radius 2 is 0.475 bits per heavy atom. The molecule has 6 rings (SSSR count). The average molecular weight is 723 g/mol. The summed E-state index contributed by atoms with van der Waals surface area (Å²) >= 11 is -1.50. The van der Waals surface area contributed by atoms with Crippen molar-refractivity contribution in [2.24, 2.45) is 0 Å². The molecule has 0 amide bonds.